The third-order valence-corrected chi connectivity index (χ3v) is 1.94. The van der Waals surface area contributed by atoms with Crippen LogP contribution in [0.5, 0.6) is 0 Å². The fourth-order valence-electron chi connectivity index (χ4n) is 1.22. The lowest BCUT2D eigenvalue weighted by Crippen LogP contribution is -2.24. The summed E-state index contributed by atoms with van der Waals surface area (Å²) in [7, 11) is 1.70. The van der Waals surface area contributed by atoms with Crippen molar-refractivity contribution in [3.05, 3.63) is 0 Å². The van der Waals surface area contributed by atoms with Crippen molar-refractivity contribution in [2.45, 2.75) is 26.2 Å². The Morgan fingerprint density at radius 2 is 2.21 bits per heavy atom. The van der Waals surface area contributed by atoms with Crippen LogP contribution >= 0.6 is 0 Å². The van der Waals surface area contributed by atoms with Gasteiger partial charge >= 0.3 is 5.97 Å². The van der Waals surface area contributed by atoms with Crippen molar-refractivity contribution in [1.29, 1.82) is 0 Å². The normalized spacial score (nSPS) is 12.7. The fourth-order valence-corrected chi connectivity index (χ4v) is 1.22. The highest BCUT2D eigenvalue weighted by molar-refractivity contribution is 5.66. The van der Waals surface area contributed by atoms with Gasteiger partial charge in [-0.05, 0) is 31.8 Å². The quantitative estimate of drug-likeness (QED) is 0.551. The van der Waals surface area contributed by atoms with Crippen LogP contribution in [-0.4, -0.2) is 37.9 Å². The van der Waals surface area contributed by atoms with Crippen molar-refractivity contribution < 1.29 is 14.6 Å². The maximum absolute atomic E-state index is 10.2. The molecule has 2 N–H and O–H groups in total. The number of rotatable bonds is 9. The molecular formula is C10H21NO3. The number of unbranched alkanes of at least 4 members (excludes halogenated alkanes) is 1. The second-order valence-electron chi connectivity index (χ2n) is 3.62. The number of carboxylic acid groups (broad SMARTS) is 1. The van der Waals surface area contributed by atoms with E-state index in [4.69, 9.17) is 9.84 Å². The minimum Gasteiger partial charge on any atom is -0.481 e. The molecule has 0 aromatic heterocycles. The molecule has 0 amide bonds. The number of ether oxygens (including phenoxy) is 1. The second-order valence-corrected chi connectivity index (χ2v) is 3.62. The van der Waals surface area contributed by atoms with Gasteiger partial charge in [0.05, 0.1) is 0 Å². The molecule has 0 fully saturated rings. The van der Waals surface area contributed by atoms with Gasteiger partial charge in [-0.2, -0.15) is 0 Å². The van der Waals surface area contributed by atoms with Gasteiger partial charge in [0.2, 0.25) is 0 Å². The van der Waals surface area contributed by atoms with Gasteiger partial charge in [0.1, 0.15) is 0 Å². The van der Waals surface area contributed by atoms with E-state index >= 15 is 0 Å². The zero-order chi connectivity index (χ0) is 10.8. The van der Waals surface area contributed by atoms with Gasteiger partial charge in [-0.3, -0.25) is 4.79 Å². The SMILES string of the molecule is COCC(C)CNCCCCC(=O)O. The van der Waals surface area contributed by atoms with Crippen molar-refractivity contribution in [2.75, 3.05) is 26.8 Å². The summed E-state index contributed by atoms with van der Waals surface area (Å²) >= 11 is 0. The number of nitrogens with one attached hydrogen (secondary N) is 1. The molecule has 0 aliphatic heterocycles. The maximum Gasteiger partial charge on any atom is 0.303 e. The summed E-state index contributed by atoms with van der Waals surface area (Å²) in [4.78, 5) is 10.2. The van der Waals surface area contributed by atoms with Gasteiger partial charge in [0, 0.05) is 20.1 Å². The highest BCUT2D eigenvalue weighted by Crippen LogP contribution is 1.95. The van der Waals surface area contributed by atoms with Gasteiger partial charge < -0.3 is 15.2 Å². The van der Waals surface area contributed by atoms with Crippen LogP contribution in [0.4, 0.5) is 0 Å². The van der Waals surface area contributed by atoms with Gasteiger partial charge in [-0.1, -0.05) is 6.92 Å². The van der Waals surface area contributed by atoms with Crippen LogP contribution in [0.3, 0.4) is 0 Å². The summed E-state index contributed by atoms with van der Waals surface area (Å²) < 4.78 is 5.00. The summed E-state index contributed by atoms with van der Waals surface area (Å²) in [6.45, 7) is 4.71. The average molecular weight is 203 g/mol. The molecule has 4 heteroatoms. The monoisotopic (exact) mass is 203 g/mol. The van der Waals surface area contributed by atoms with Crippen LogP contribution in [0.15, 0.2) is 0 Å². The smallest absolute Gasteiger partial charge is 0.303 e. The number of aliphatic carboxylic acids is 1. The third kappa shape index (κ3) is 9.48. The Morgan fingerprint density at radius 1 is 1.50 bits per heavy atom. The lowest BCUT2D eigenvalue weighted by molar-refractivity contribution is -0.137. The predicted octanol–water partition coefficient (Wildman–Crippen LogP) is 1.11. The Labute approximate surface area is 85.6 Å². The maximum atomic E-state index is 10.2. The minimum atomic E-state index is -0.710. The Kier molecular flexibility index (Phi) is 8.57. The lowest BCUT2D eigenvalue weighted by atomic mass is 10.2. The molecule has 0 radical (unpaired) electrons. The summed E-state index contributed by atoms with van der Waals surface area (Å²) in [6.07, 6.45) is 1.95. The highest BCUT2D eigenvalue weighted by Gasteiger charge is 2.00. The van der Waals surface area contributed by atoms with Crippen molar-refractivity contribution >= 4 is 5.97 Å². The van der Waals surface area contributed by atoms with E-state index in [-0.39, 0.29) is 6.42 Å². The van der Waals surface area contributed by atoms with Crippen LogP contribution in [0.1, 0.15) is 26.2 Å². The van der Waals surface area contributed by atoms with E-state index in [2.05, 4.69) is 12.2 Å². The number of hydrogen-bond acceptors (Lipinski definition) is 3. The zero-order valence-electron chi connectivity index (χ0n) is 9.08. The van der Waals surface area contributed by atoms with Crippen molar-refractivity contribution in [2.24, 2.45) is 5.92 Å². The number of carboxylic acids is 1. The molecule has 0 spiro atoms. The number of carbonyl (C=O) groups is 1. The first-order chi connectivity index (χ1) is 6.66. The first-order valence-electron chi connectivity index (χ1n) is 5.08. The summed E-state index contributed by atoms with van der Waals surface area (Å²) in [5.41, 5.74) is 0. The molecule has 0 saturated heterocycles. The molecule has 0 aromatic carbocycles. The molecule has 1 unspecified atom stereocenters. The Bertz CT molecular complexity index is 150. The summed E-state index contributed by atoms with van der Waals surface area (Å²) in [6, 6.07) is 0. The van der Waals surface area contributed by atoms with E-state index in [1.54, 1.807) is 7.11 Å². The molecule has 0 saturated carbocycles. The standard InChI is InChI=1S/C10H21NO3/c1-9(8-14-2)7-11-6-4-3-5-10(12)13/h9,11H,3-8H2,1-2H3,(H,12,13). The van der Waals surface area contributed by atoms with E-state index in [1.807, 2.05) is 0 Å². The van der Waals surface area contributed by atoms with Crippen molar-refractivity contribution in [3.8, 4) is 0 Å². The van der Waals surface area contributed by atoms with Gasteiger partial charge in [-0.25, -0.2) is 0 Å². The van der Waals surface area contributed by atoms with Crippen LogP contribution in [0.25, 0.3) is 0 Å². The first-order valence-corrected chi connectivity index (χ1v) is 5.08. The van der Waals surface area contributed by atoms with Gasteiger partial charge in [-0.15, -0.1) is 0 Å². The first kappa shape index (κ1) is 13.4. The van der Waals surface area contributed by atoms with Crippen LogP contribution < -0.4 is 5.32 Å². The predicted molar refractivity (Wildman–Crippen MR) is 55.4 cm³/mol. The average Bonchev–Trinajstić information content (AvgIpc) is 2.11. The fraction of sp³-hybridized carbons (Fsp3) is 0.900. The van der Waals surface area contributed by atoms with E-state index in [9.17, 15) is 4.79 Å². The Morgan fingerprint density at radius 3 is 2.79 bits per heavy atom. The molecule has 14 heavy (non-hydrogen) atoms. The molecule has 1 atom stereocenters. The van der Waals surface area contributed by atoms with E-state index in [1.165, 1.54) is 0 Å². The number of hydrogen-bond donors (Lipinski definition) is 2. The number of methoxy groups -OCH3 is 1. The van der Waals surface area contributed by atoms with Gasteiger partial charge in [0.25, 0.3) is 0 Å². The third-order valence-electron chi connectivity index (χ3n) is 1.94. The van der Waals surface area contributed by atoms with E-state index in [0.29, 0.717) is 5.92 Å². The topological polar surface area (TPSA) is 58.6 Å². The van der Waals surface area contributed by atoms with Crippen LogP contribution in [0.2, 0.25) is 0 Å². The summed E-state index contributed by atoms with van der Waals surface area (Å²) in [5, 5.41) is 11.7. The van der Waals surface area contributed by atoms with Crippen molar-refractivity contribution in [1.82, 2.24) is 5.32 Å². The second kappa shape index (κ2) is 8.97. The molecular weight excluding hydrogens is 182 g/mol. The Balaban J connectivity index is 3.09. The van der Waals surface area contributed by atoms with Crippen LogP contribution in [0, 0.1) is 5.92 Å². The highest BCUT2D eigenvalue weighted by atomic mass is 16.5. The van der Waals surface area contributed by atoms with E-state index < -0.39 is 5.97 Å². The summed E-state index contributed by atoms with van der Waals surface area (Å²) in [5.74, 6) is -0.197. The minimum absolute atomic E-state index is 0.273. The van der Waals surface area contributed by atoms with Crippen molar-refractivity contribution in [3.63, 3.8) is 0 Å². The molecule has 0 bridgehead atoms. The largest absolute Gasteiger partial charge is 0.481 e. The molecule has 0 aliphatic carbocycles. The molecule has 0 aliphatic rings. The molecule has 0 heterocycles. The molecule has 0 aromatic rings. The molecule has 4 nitrogen and oxygen atoms in total. The lowest BCUT2D eigenvalue weighted by Gasteiger charge is -2.10. The molecule has 0 rings (SSSR count). The van der Waals surface area contributed by atoms with Crippen LogP contribution in [-0.2, 0) is 9.53 Å². The van der Waals surface area contributed by atoms with E-state index in [0.717, 1.165) is 32.5 Å². The Hall–Kier alpha value is -0.610. The zero-order valence-corrected chi connectivity index (χ0v) is 9.08. The molecule has 84 valence electrons. The van der Waals surface area contributed by atoms with Gasteiger partial charge in [0.15, 0.2) is 0 Å².